The highest BCUT2D eigenvalue weighted by atomic mass is 16.2. The number of hydrogen-bond donors (Lipinski definition) is 2. The van der Waals surface area contributed by atoms with Crippen LogP contribution in [0.5, 0.6) is 0 Å². The molecule has 0 aliphatic rings. The molecule has 1 heterocycles. The molecule has 4 aromatic rings. The molecule has 0 spiro atoms. The number of aromatic nitrogens is 2. The van der Waals surface area contributed by atoms with Crippen molar-refractivity contribution in [2.45, 2.75) is 0 Å². The number of nitrogens with one attached hydrogen (secondary N) is 2. The third-order valence-electron chi connectivity index (χ3n) is 4.55. The Bertz CT molecular complexity index is 1330. The third kappa shape index (κ3) is 4.40. The predicted octanol–water partition coefficient (Wildman–Crippen LogP) is 2.86. The van der Waals surface area contributed by atoms with Crippen LogP contribution in [0.15, 0.2) is 95.8 Å². The molecule has 152 valence electrons. The van der Waals surface area contributed by atoms with E-state index >= 15 is 0 Å². The number of carbonyl (C=O) groups is 2. The Kier molecular flexibility index (Phi) is 5.66. The zero-order chi connectivity index (χ0) is 21.6. The van der Waals surface area contributed by atoms with Crippen LogP contribution in [-0.2, 0) is 4.79 Å². The minimum atomic E-state index is -0.637. The number of hydrogen-bond acceptors (Lipinski definition) is 4. The highest BCUT2D eigenvalue weighted by molar-refractivity contribution is 6.05. The van der Waals surface area contributed by atoms with Gasteiger partial charge in [0, 0.05) is 11.5 Å². The van der Waals surface area contributed by atoms with Crippen molar-refractivity contribution in [1.82, 2.24) is 20.6 Å². The molecule has 2 N–H and O–H groups in total. The summed E-state index contributed by atoms with van der Waals surface area (Å²) in [6.45, 7) is 0. The van der Waals surface area contributed by atoms with E-state index in [1.807, 2.05) is 36.4 Å². The van der Waals surface area contributed by atoms with E-state index in [1.165, 1.54) is 10.8 Å². The lowest BCUT2D eigenvalue weighted by atomic mass is 10.1. The monoisotopic (exact) mass is 410 g/mol. The normalized spacial score (nSPS) is 10.8. The van der Waals surface area contributed by atoms with Crippen LogP contribution in [-0.4, -0.2) is 21.6 Å². The van der Waals surface area contributed by atoms with Gasteiger partial charge in [-0.1, -0.05) is 66.7 Å². The molecule has 7 nitrogen and oxygen atoms in total. The van der Waals surface area contributed by atoms with Gasteiger partial charge < -0.3 is 0 Å². The standard InChI is InChI=1S/C24H18N4O3/c29-21(16-15-17-9-3-1-4-10-17)25-26-23(30)22-19-13-7-8-14-20(19)24(31)28(27-22)18-11-5-2-6-12-18/h1-16H,(H,25,29)(H,26,30)/b16-15+. The molecule has 0 bridgehead atoms. The zero-order valence-corrected chi connectivity index (χ0v) is 16.4. The maximum Gasteiger partial charge on any atom is 0.290 e. The molecule has 2 amide bonds. The SMILES string of the molecule is O=C(/C=C/c1ccccc1)NNC(=O)c1nn(-c2ccccc2)c(=O)c2ccccc12. The van der Waals surface area contributed by atoms with Crippen molar-refractivity contribution in [3.8, 4) is 5.69 Å². The Morgan fingerprint density at radius 2 is 1.39 bits per heavy atom. The van der Waals surface area contributed by atoms with Gasteiger partial charge in [-0.25, -0.2) is 0 Å². The Balaban J connectivity index is 1.60. The summed E-state index contributed by atoms with van der Waals surface area (Å²) in [4.78, 5) is 37.8. The molecule has 0 fully saturated rings. The minimum absolute atomic E-state index is 0.0198. The number of benzene rings is 3. The van der Waals surface area contributed by atoms with Gasteiger partial charge in [-0.2, -0.15) is 9.78 Å². The molecule has 4 rings (SSSR count). The van der Waals surface area contributed by atoms with Crippen LogP contribution in [0.1, 0.15) is 16.1 Å². The highest BCUT2D eigenvalue weighted by Gasteiger charge is 2.17. The maximum absolute atomic E-state index is 12.9. The molecule has 31 heavy (non-hydrogen) atoms. The van der Waals surface area contributed by atoms with Gasteiger partial charge in [0.2, 0.25) is 0 Å². The summed E-state index contributed by atoms with van der Waals surface area (Å²) in [5.41, 5.74) is 5.76. The van der Waals surface area contributed by atoms with Gasteiger partial charge in [-0.05, 0) is 29.8 Å². The van der Waals surface area contributed by atoms with Crippen molar-refractivity contribution in [2.75, 3.05) is 0 Å². The Hall–Kier alpha value is -4.52. The van der Waals surface area contributed by atoms with Crippen LogP contribution in [0.3, 0.4) is 0 Å². The minimum Gasteiger partial charge on any atom is -0.268 e. The summed E-state index contributed by atoms with van der Waals surface area (Å²) >= 11 is 0. The first-order chi connectivity index (χ1) is 15.1. The molecular formula is C24H18N4O3. The molecule has 0 saturated carbocycles. The second-order valence-corrected chi connectivity index (χ2v) is 6.63. The Labute approximate surface area is 177 Å². The summed E-state index contributed by atoms with van der Waals surface area (Å²) in [5, 5.41) is 5.01. The van der Waals surface area contributed by atoms with Crippen molar-refractivity contribution in [3.05, 3.63) is 113 Å². The van der Waals surface area contributed by atoms with Gasteiger partial charge in [0.1, 0.15) is 0 Å². The molecule has 0 aliphatic carbocycles. The summed E-state index contributed by atoms with van der Waals surface area (Å²) in [6.07, 6.45) is 2.94. The van der Waals surface area contributed by atoms with E-state index in [2.05, 4.69) is 16.0 Å². The number of rotatable bonds is 4. The van der Waals surface area contributed by atoms with Gasteiger partial charge in [0.25, 0.3) is 17.4 Å². The number of para-hydroxylation sites is 1. The van der Waals surface area contributed by atoms with E-state index in [4.69, 9.17) is 0 Å². The van der Waals surface area contributed by atoms with Gasteiger partial charge in [-0.3, -0.25) is 25.2 Å². The Morgan fingerprint density at radius 3 is 2.10 bits per heavy atom. The molecule has 1 aromatic heterocycles. The fourth-order valence-electron chi connectivity index (χ4n) is 3.06. The van der Waals surface area contributed by atoms with Crippen LogP contribution in [0, 0.1) is 0 Å². The van der Waals surface area contributed by atoms with E-state index in [0.717, 1.165) is 5.56 Å². The third-order valence-corrected chi connectivity index (χ3v) is 4.55. The van der Waals surface area contributed by atoms with E-state index in [-0.39, 0.29) is 11.3 Å². The summed E-state index contributed by atoms with van der Waals surface area (Å²) in [5.74, 6) is -1.14. The van der Waals surface area contributed by atoms with Crippen molar-refractivity contribution in [1.29, 1.82) is 0 Å². The van der Waals surface area contributed by atoms with Crippen molar-refractivity contribution >= 4 is 28.7 Å². The van der Waals surface area contributed by atoms with Crippen molar-refractivity contribution in [2.24, 2.45) is 0 Å². The van der Waals surface area contributed by atoms with E-state index in [0.29, 0.717) is 16.5 Å². The average molecular weight is 410 g/mol. The van der Waals surface area contributed by atoms with Crippen molar-refractivity contribution < 1.29 is 9.59 Å². The molecule has 0 atom stereocenters. The molecular weight excluding hydrogens is 392 g/mol. The van der Waals surface area contributed by atoms with Gasteiger partial charge in [-0.15, -0.1) is 0 Å². The van der Waals surface area contributed by atoms with Gasteiger partial charge >= 0.3 is 0 Å². The van der Waals surface area contributed by atoms with Crippen molar-refractivity contribution in [3.63, 3.8) is 0 Å². The molecule has 3 aromatic carbocycles. The Morgan fingerprint density at radius 1 is 0.774 bits per heavy atom. The lowest BCUT2D eigenvalue weighted by Crippen LogP contribution is -2.42. The second-order valence-electron chi connectivity index (χ2n) is 6.63. The fraction of sp³-hybridized carbons (Fsp3) is 0. The largest absolute Gasteiger partial charge is 0.290 e. The van der Waals surface area contributed by atoms with Crippen LogP contribution in [0.25, 0.3) is 22.5 Å². The van der Waals surface area contributed by atoms with Gasteiger partial charge in [0.05, 0.1) is 11.1 Å². The summed E-state index contributed by atoms with van der Waals surface area (Å²) in [7, 11) is 0. The van der Waals surface area contributed by atoms with E-state index in [1.54, 1.807) is 54.6 Å². The van der Waals surface area contributed by atoms with Crippen LogP contribution in [0.2, 0.25) is 0 Å². The smallest absolute Gasteiger partial charge is 0.268 e. The first-order valence-electron chi connectivity index (χ1n) is 9.54. The molecule has 0 saturated heterocycles. The number of nitrogens with zero attached hydrogens (tertiary/aromatic N) is 2. The first-order valence-corrected chi connectivity index (χ1v) is 9.54. The maximum atomic E-state index is 12.9. The molecule has 0 aliphatic heterocycles. The van der Waals surface area contributed by atoms with Crippen LogP contribution >= 0.6 is 0 Å². The fourth-order valence-corrected chi connectivity index (χ4v) is 3.06. The molecule has 7 heteroatoms. The predicted molar refractivity (Wildman–Crippen MR) is 118 cm³/mol. The quantitative estimate of drug-likeness (QED) is 0.400. The number of hydrazine groups is 1. The summed E-state index contributed by atoms with van der Waals surface area (Å²) < 4.78 is 1.17. The van der Waals surface area contributed by atoms with Crippen LogP contribution < -0.4 is 16.4 Å². The first kappa shape index (κ1) is 19.8. The highest BCUT2D eigenvalue weighted by Crippen LogP contribution is 2.15. The number of amides is 2. The molecule has 0 unspecified atom stereocenters. The summed E-state index contributed by atoms with van der Waals surface area (Å²) in [6, 6.07) is 24.8. The van der Waals surface area contributed by atoms with E-state index < -0.39 is 11.8 Å². The second kappa shape index (κ2) is 8.87. The topological polar surface area (TPSA) is 93.1 Å². The van der Waals surface area contributed by atoms with Gasteiger partial charge in [0.15, 0.2) is 5.69 Å². The lowest BCUT2D eigenvalue weighted by molar-refractivity contribution is -0.117. The van der Waals surface area contributed by atoms with E-state index in [9.17, 15) is 14.4 Å². The number of carbonyl (C=O) groups excluding carboxylic acids is 2. The average Bonchev–Trinajstić information content (AvgIpc) is 2.83. The molecule has 0 radical (unpaired) electrons. The number of fused-ring (bicyclic) bond motifs is 1. The van der Waals surface area contributed by atoms with Crippen LogP contribution in [0.4, 0.5) is 0 Å². The zero-order valence-electron chi connectivity index (χ0n) is 16.4. The lowest BCUT2D eigenvalue weighted by Gasteiger charge is -2.11.